The van der Waals surface area contributed by atoms with Crippen molar-refractivity contribution in [1.82, 2.24) is 5.32 Å². The molecule has 0 radical (unpaired) electrons. The molecule has 0 aromatic heterocycles. The van der Waals surface area contributed by atoms with Gasteiger partial charge >= 0.3 is 0 Å². The Labute approximate surface area is 120 Å². The number of halogens is 1. The Kier molecular flexibility index (Phi) is 4.58. The molecule has 1 aromatic carbocycles. The molecule has 106 valence electrons. The smallest absolute Gasteiger partial charge is 0.179 e. The molecule has 0 unspecified atom stereocenters. The van der Waals surface area contributed by atoms with Crippen molar-refractivity contribution in [3.8, 4) is 11.5 Å². The van der Waals surface area contributed by atoms with Crippen LogP contribution >= 0.6 is 11.6 Å². The van der Waals surface area contributed by atoms with Gasteiger partial charge in [-0.1, -0.05) is 32.4 Å². The lowest BCUT2D eigenvalue weighted by Gasteiger charge is -2.21. The maximum atomic E-state index is 6.20. The molecule has 0 aliphatic carbocycles. The molecule has 19 heavy (non-hydrogen) atoms. The molecule has 0 amide bonds. The second-order valence-corrected chi connectivity index (χ2v) is 6.50. The number of nitrogens with one attached hydrogen (secondary N) is 1. The Hall–Kier alpha value is -0.930. The van der Waals surface area contributed by atoms with Gasteiger partial charge in [-0.15, -0.1) is 0 Å². The first kappa shape index (κ1) is 14.5. The predicted octanol–water partition coefficient (Wildman–Crippen LogP) is 3.64. The predicted molar refractivity (Wildman–Crippen MR) is 78.2 cm³/mol. The number of ether oxygens (including phenoxy) is 2. The summed E-state index contributed by atoms with van der Waals surface area (Å²) in [4.78, 5) is 0. The molecule has 0 spiro atoms. The van der Waals surface area contributed by atoms with E-state index < -0.39 is 0 Å². The van der Waals surface area contributed by atoms with Crippen LogP contribution in [0.5, 0.6) is 11.5 Å². The number of benzene rings is 1. The SMILES string of the molecule is CC(C)(C)CCNCc1cc(Cl)c2c(c1)OCCO2. The molecule has 4 heteroatoms. The van der Waals surface area contributed by atoms with Gasteiger partial charge in [0.1, 0.15) is 13.2 Å². The lowest BCUT2D eigenvalue weighted by Crippen LogP contribution is -2.20. The van der Waals surface area contributed by atoms with E-state index in [1.165, 1.54) is 0 Å². The summed E-state index contributed by atoms with van der Waals surface area (Å²) in [5, 5.41) is 4.07. The minimum absolute atomic E-state index is 0.359. The highest BCUT2D eigenvalue weighted by Gasteiger charge is 2.16. The zero-order valence-corrected chi connectivity index (χ0v) is 12.6. The van der Waals surface area contributed by atoms with Crippen LogP contribution in [0.15, 0.2) is 12.1 Å². The minimum Gasteiger partial charge on any atom is -0.486 e. The Balaban J connectivity index is 1.92. The number of hydrogen-bond acceptors (Lipinski definition) is 3. The summed E-state index contributed by atoms with van der Waals surface area (Å²) in [6, 6.07) is 3.95. The first-order valence-electron chi connectivity index (χ1n) is 6.74. The maximum Gasteiger partial charge on any atom is 0.179 e. The van der Waals surface area contributed by atoms with Crippen molar-refractivity contribution in [1.29, 1.82) is 0 Å². The lowest BCUT2D eigenvalue weighted by molar-refractivity contribution is 0.171. The molecule has 0 bridgehead atoms. The molecule has 3 nitrogen and oxygen atoms in total. The van der Waals surface area contributed by atoms with Crippen LogP contribution in [-0.2, 0) is 6.54 Å². The van der Waals surface area contributed by atoms with Gasteiger partial charge in [-0.2, -0.15) is 0 Å². The molecule has 2 rings (SSSR count). The van der Waals surface area contributed by atoms with Crippen LogP contribution in [0.25, 0.3) is 0 Å². The van der Waals surface area contributed by atoms with Gasteiger partial charge in [-0.3, -0.25) is 0 Å². The van der Waals surface area contributed by atoms with E-state index in [0.717, 1.165) is 30.8 Å². The standard InChI is InChI=1S/C15H22ClNO2/c1-15(2,3)4-5-17-10-11-8-12(16)14-13(9-11)18-6-7-19-14/h8-9,17H,4-7,10H2,1-3H3. The van der Waals surface area contributed by atoms with Crippen molar-refractivity contribution in [2.45, 2.75) is 33.7 Å². The van der Waals surface area contributed by atoms with Gasteiger partial charge in [0.05, 0.1) is 5.02 Å². The van der Waals surface area contributed by atoms with Crippen molar-refractivity contribution in [3.05, 3.63) is 22.7 Å². The second-order valence-electron chi connectivity index (χ2n) is 6.09. The fraction of sp³-hybridized carbons (Fsp3) is 0.600. The molecule has 1 aliphatic rings. The number of hydrogen-bond donors (Lipinski definition) is 1. The molecular weight excluding hydrogens is 262 g/mol. The largest absolute Gasteiger partial charge is 0.486 e. The van der Waals surface area contributed by atoms with Crippen LogP contribution in [0.3, 0.4) is 0 Å². The van der Waals surface area contributed by atoms with E-state index in [2.05, 4.69) is 26.1 Å². The van der Waals surface area contributed by atoms with E-state index in [9.17, 15) is 0 Å². The van der Waals surface area contributed by atoms with Gasteiger partial charge in [-0.05, 0) is 36.1 Å². The molecule has 1 aliphatic heterocycles. The highest BCUT2D eigenvalue weighted by Crippen LogP contribution is 2.38. The average Bonchev–Trinajstić information content (AvgIpc) is 2.34. The van der Waals surface area contributed by atoms with Crippen molar-refractivity contribution in [2.75, 3.05) is 19.8 Å². The first-order valence-corrected chi connectivity index (χ1v) is 7.12. The summed E-state index contributed by atoms with van der Waals surface area (Å²) in [6.07, 6.45) is 1.14. The van der Waals surface area contributed by atoms with E-state index in [0.29, 0.717) is 29.4 Å². The highest BCUT2D eigenvalue weighted by molar-refractivity contribution is 6.32. The molecule has 1 aromatic rings. The van der Waals surface area contributed by atoms with Crippen LogP contribution in [0.4, 0.5) is 0 Å². The Morgan fingerprint density at radius 3 is 2.68 bits per heavy atom. The maximum absolute atomic E-state index is 6.20. The summed E-state index contributed by atoms with van der Waals surface area (Å²) < 4.78 is 11.1. The van der Waals surface area contributed by atoms with Gasteiger partial charge in [0, 0.05) is 6.54 Å². The van der Waals surface area contributed by atoms with Crippen LogP contribution in [0.1, 0.15) is 32.8 Å². The molecule has 0 saturated heterocycles. The van der Waals surface area contributed by atoms with E-state index >= 15 is 0 Å². The van der Waals surface area contributed by atoms with Crippen LogP contribution in [0.2, 0.25) is 5.02 Å². The van der Waals surface area contributed by atoms with E-state index in [4.69, 9.17) is 21.1 Å². The van der Waals surface area contributed by atoms with Crippen molar-refractivity contribution < 1.29 is 9.47 Å². The molecule has 0 atom stereocenters. The van der Waals surface area contributed by atoms with Gasteiger partial charge in [0.2, 0.25) is 0 Å². The van der Waals surface area contributed by atoms with Crippen molar-refractivity contribution >= 4 is 11.6 Å². The quantitative estimate of drug-likeness (QED) is 0.856. The third-order valence-electron chi connectivity index (χ3n) is 3.04. The Bertz CT molecular complexity index is 441. The van der Waals surface area contributed by atoms with E-state index in [1.54, 1.807) is 0 Å². The normalized spacial score (nSPS) is 14.5. The Morgan fingerprint density at radius 2 is 1.95 bits per heavy atom. The van der Waals surface area contributed by atoms with Crippen LogP contribution < -0.4 is 14.8 Å². The van der Waals surface area contributed by atoms with E-state index in [-0.39, 0.29) is 0 Å². The third-order valence-corrected chi connectivity index (χ3v) is 3.32. The average molecular weight is 284 g/mol. The van der Waals surface area contributed by atoms with Crippen LogP contribution in [-0.4, -0.2) is 19.8 Å². The fourth-order valence-electron chi connectivity index (χ4n) is 1.96. The lowest BCUT2D eigenvalue weighted by atomic mass is 9.92. The molecule has 1 N–H and O–H groups in total. The fourth-order valence-corrected chi connectivity index (χ4v) is 2.25. The van der Waals surface area contributed by atoms with Crippen LogP contribution in [0, 0.1) is 5.41 Å². The molecular formula is C15H22ClNO2. The van der Waals surface area contributed by atoms with Crippen molar-refractivity contribution in [2.24, 2.45) is 5.41 Å². The number of rotatable bonds is 4. The third kappa shape index (κ3) is 4.29. The topological polar surface area (TPSA) is 30.5 Å². The van der Waals surface area contributed by atoms with Gasteiger partial charge in [-0.25, -0.2) is 0 Å². The minimum atomic E-state index is 0.359. The van der Waals surface area contributed by atoms with E-state index in [1.807, 2.05) is 12.1 Å². The molecule has 0 fully saturated rings. The number of fused-ring (bicyclic) bond motifs is 1. The van der Waals surface area contributed by atoms with Gasteiger partial charge < -0.3 is 14.8 Å². The monoisotopic (exact) mass is 283 g/mol. The molecule has 0 saturated carbocycles. The summed E-state index contributed by atoms with van der Waals surface area (Å²) >= 11 is 6.20. The zero-order chi connectivity index (χ0) is 13.9. The second kappa shape index (κ2) is 6.02. The Morgan fingerprint density at radius 1 is 1.21 bits per heavy atom. The highest BCUT2D eigenvalue weighted by atomic mass is 35.5. The summed E-state index contributed by atoms with van der Waals surface area (Å²) in [7, 11) is 0. The summed E-state index contributed by atoms with van der Waals surface area (Å²) in [6.45, 7) is 9.68. The molecule has 1 heterocycles. The summed E-state index contributed by atoms with van der Waals surface area (Å²) in [5.74, 6) is 1.43. The zero-order valence-electron chi connectivity index (χ0n) is 11.9. The van der Waals surface area contributed by atoms with Crippen molar-refractivity contribution in [3.63, 3.8) is 0 Å². The van der Waals surface area contributed by atoms with Gasteiger partial charge in [0.25, 0.3) is 0 Å². The first-order chi connectivity index (χ1) is 8.96. The summed E-state index contributed by atoms with van der Waals surface area (Å²) in [5.41, 5.74) is 1.49. The van der Waals surface area contributed by atoms with Gasteiger partial charge in [0.15, 0.2) is 11.5 Å².